The van der Waals surface area contributed by atoms with Gasteiger partial charge in [0, 0.05) is 26.2 Å². The van der Waals surface area contributed by atoms with Gasteiger partial charge in [0.05, 0.1) is 10.7 Å². The third-order valence-electron chi connectivity index (χ3n) is 3.47. The number of benzene rings is 1. The number of amides is 2. The first-order chi connectivity index (χ1) is 9.10. The zero-order chi connectivity index (χ0) is 13.8. The van der Waals surface area contributed by atoms with Crippen molar-refractivity contribution < 1.29 is 4.79 Å². The number of rotatable bonds is 2. The van der Waals surface area contributed by atoms with Gasteiger partial charge in [0.15, 0.2) is 0 Å². The van der Waals surface area contributed by atoms with E-state index in [0.717, 1.165) is 38.3 Å². The highest BCUT2D eigenvalue weighted by molar-refractivity contribution is 6.33. The Morgan fingerprint density at radius 2 is 2.00 bits per heavy atom. The maximum atomic E-state index is 12.1. The van der Waals surface area contributed by atoms with E-state index in [9.17, 15) is 4.79 Å². The molecule has 19 heavy (non-hydrogen) atoms. The number of carbonyl (C=O) groups excluding carboxylic acids is 1. The lowest BCUT2D eigenvalue weighted by atomic mass is 10.2. The molecule has 0 aliphatic carbocycles. The number of halogens is 1. The normalized spacial score (nSPS) is 16.5. The van der Waals surface area contributed by atoms with E-state index in [1.165, 1.54) is 0 Å². The minimum absolute atomic E-state index is 0.0680. The van der Waals surface area contributed by atoms with Crippen molar-refractivity contribution in [1.82, 2.24) is 9.80 Å². The van der Waals surface area contributed by atoms with Crippen LogP contribution in [0.3, 0.4) is 0 Å². The summed E-state index contributed by atoms with van der Waals surface area (Å²) in [6.45, 7) is 8.56. The zero-order valence-electron chi connectivity index (χ0n) is 11.4. The first kappa shape index (κ1) is 14.2. The van der Waals surface area contributed by atoms with Crippen LogP contribution in [0.2, 0.25) is 5.02 Å². The van der Waals surface area contributed by atoms with E-state index in [2.05, 4.69) is 17.1 Å². The maximum Gasteiger partial charge on any atom is 0.321 e. The fourth-order valence-corrected chi connectivity index (χ4v) is 2.47. The highest BCUT2D eigenvalue weighted by Gasteiger charge is 2.20. The predicted molar refractivity (Wildman–Crippen MR) is 78.9 cm³/mol. The van der Waals surface area contributed by atoms with Gasteiger partial charge in [0.25, 0.3) is 0 Å². The number of nitrogens with zero attached hydrogens (tertiary/aromatic N) is 2. The summed E-state index contributed by atoms with van der Waals surface area (Å²) in [6.07, 6.45) is 0. The molecular weight excluding hydrogens is 262 g/mol. The SMILES string of the molecule is CCN1CCN(C(=O)Nc2ccc(C)cc2Cl)CC1. The number of hydrogen-bond donors (Lipinski definition) is 1. The minimum atomic E-state index is -0.0680. The molecule has 0 unspecified atom stereocenters. The van der Waals surface area contributed by atoms with Gasteiger partial charge in [0.1, 0.15) is 0 Å². The van der Waals surface area contributed by atoms with Crippen molar-refractivity contribution in [3.63, 3.8) is 0 Å². The van der Waals surface area contributed by atoms with Crippen molar-refractivity contribution in [2.24, 2.45) is 0 Å². The second-order valence-corrected chi connectivity index (χ2v) is 5.24. The highest BCUT2D eigenvalue weighted by atomic mass is 35.5. The second kappa shape index (κ2) is 6.26. The summed E-state index contributed by atoms with van der Waals surface area (Å²) in [5.74, 6) is 0. The van der Waals surface area contributed by atoms with Crippen molar-refractivity contribution >= 4 is 23.3 Å². The third kappa shape index (κ3) is 3.61. The summed E-state index contributed by atoms with van der Waals surface area (Å²) in [5.41, 5.74) is 1.76. The minimum Gasteiger partial charge on any atom is -0.322 e. The van der Waals surface area contributed by atoms with Crippen LogP contribution >= 0.6 is 11.6 Å². The van der Waals surface area contributed by atoms with E-state index < -0.39 is 0 Å². The second-order valence-electron chi connectivity index (χ2n) is 4.83. The van der Waals surface area contributed by atoms with Gasteiger partial charge >= 0.3 is 6.03 Å². The van der Waals surface area contributed by atoms with Gasteiger partial charge in [-0.15, -0.1) is 0 Å². The highest BCUT2D eigenvalue weighted by Crippen LogP contribution is 2.23. The van der Waals surface area contributed by atoms with Gasteiger partial charge in [-0.05, 0) is 31.2 Å². The Balaban J connectivity index is 1.94. The molecule has 0 spiro atoms. The van der Waals surface area contributed by atoms with E-state index >= 15 is 0 Å². The van der Waals surface area contributed by atoms with Crippen LogP contribution in [-0.4, -0.2) is 48.6 Å². The molecule has 0 radical (unpaired) electrons. The van der Waals surface area contributed by atoms with E-state index in [-0.39, 0.29) is 6.03 Å². The van der Waals surface area contributed by atoms with Gasteiger partial charge < -0.3 is 15.1 Å². The lowest BCUT2D eigenvalue weighted by Gasteiger charge is -2.34. The number of hydrogen-bond acceptors (Lipinski definition) is 2. The molecule has 1 aromatic carbocycles. The van der Waals surface area contributed by atoms with Crippen LogP contribution in [0.1, 0.15) is 12.5 Å². The molecule has 0 bridgehead atoms. The summed E-state index contributed by atoms with van der Waals surface area (Å²) in [7, 11) is 0. The lowest BCUT2D eigenvalue weighted by molar-refractivity contribution is 0.151. The van der Waals surface area contributed by atoms with E-state index in [4.69, 9.17) is 11.6 Å². The molecule has 2 rings (SSSR count). The molecule has 1 aliphatic heterocycles. The van der Waals surface area contributed by atoms with Crippen molar-refractivity contribution in [2.45, 2.75) is 13.8 Å². The number of nitrogens with one attached hydrogen (secondary N) is 1. The molecule has 1 saturated heterocycles. The van der Waals surface area contributed by atoms with Crippen LogP contribution in [0, 0.1) is 6.92 Å². The largest absolute Gasteiger partial charge is 0.322 e. The van der Waals surface area contributed by atoms with Crippen molar-refractivity contribution in [1.29, 1.82) is 0 Å². The van der Waals surface area contributed by atoms with Gasteiger partial charge in [0.2, 0.25) is 0 Å². The molecule has 5 heteroatoms. The number of carbonyl (C=O) groups is 1. The number of urea groups is 1. The molecule has 104 valence electrons. The van der Waals surface area contributed by atoms with E-state index in [1.54, 1.807) is 0 Å². The monoisotopic (exact) mass is 281 g/mol. The summed E-state index contributed by atoms with van der Waals surface area (Å²) < 4.78 is 0. The van der Waals surface area contributed by atoms with Crippen molar-refractivity contribution in [2.75, 3.05) is 38.0 Å². The molecule has 2 amide bonds. The molecule has 0 saturated carbocycles. The number of piperazine rings is 1. The smallest absolute Gasteiger partial charge is 0.321 e. The lowest BCUT2D eigenvalue weighted by Crippen LogP contribution is -2.49. The van der Waals surface area contributed by atoms with Crippen LogP contribution in [0.15, 0.2) is 18.2 Å². The van der Waals surface area contributed by atoms with Crippen molar-refractivity contribution in [3.05, 3.63) is 28.8 Å². The predicted octanol–water partition coefficient (Wildman–Crippen LogP) is 2.82. The van der Waals surface area contributed by atoms with Gasteiger partial charge in [-0.2, -0.15) is 0 Å². The summed E-state index contributed by atoms with van der Waals surface area (Å²) >= 11 is 6.12. The third-order valence-corrected chi connectivity index (χ3v) is 3.79. The van der Waals surface area contributed by atoms with Crippen LogP contribution < -0.4 is 5.32 Å². The average molecular weight is 282 g/mol. The Morgan fingerprint density at radius 1 is 1.32 bits per heavy atom. The molecule has 1 fully saturated rings. The molecule has 4 nitrogen and oxygen atoms in total. The summed E-state index contributed by atoms with van der Waals surface area (Å²) in [6, 6.07) is 5.57. The van der Waals surface area contributed by atoms with Crippen LogP contribution in [0.4, 0.5) is 10.5 Å². The van der Waals surface area contributed by atoms with Crippen molar-refractivity contribution in [3.8, 4) is 0 Å². The molecule has 1 heterocycles. The fourth-order valence-electron chi connectivity index (χ4n) is 2.18. The quantitative estimate of drug-likeness (QED) is 0.905. The molecular formula is C14H20ClN3O. The summed E-state index contributed by atoms with van der Waals surface area (Å²) in [5, 5.41) is 3.46. The Hall–Kier alpha value is -1.26. The molecule has 0 atom stereocenters. The first-order valence-electron chi connectivity index (χ1n) is 6.64. The Kier molecular flexibility index (Phi) is 4.66. The first-order valence-corrected chi connectivity index (χ1v) is 7.02. The van der Waals surface area contributed by atoms with E-state index in [0.29, 0.717) is 10.7 Å². The number of likely N-dealkylation sites (N-methyl/N-ethyl adjacent to an activating group) is 1. The topological polar surface area (TPSA) is 35.6 Å². The number of anilines is 1. The number of aryl methyl sites for hydroxylation is 1. The average Bonchev–Trinajstić information content (AvgIpc) is 2.42. The van der Waals surface area contributed by atoms with Crippen LogP contribution in [-0.2, 0) is 0 Å². The van der Waals surface area contributed by atoms with Gasteiger partial charge in [-0.25, -0.2) is 4.79 Å². The van der Waals surface area contributed by atoms with Gasteiger partial charge in [-0.1, -0.05) is 24.6 Å². The fraction of sp³-hybridized carbons (Fsp3) is 0.500. The molecule has 1 aliphatic rings. The Bertz CT molecular complexity index is 456. The Morgan fingerprint density at radius 3 is 2.58 bits per heavy atom. The Labute approximate surface area is 119 Å². The standard InChI is InChI=1S/C14H20ClN3O/c1-3-17-6-8-18(9-7-17)14(19)16-13-5-4-11(2)10-12(13)15/h4-5,10H,3,6-9H2,1-2H3,(H,16,19). The molecule has 1 N–H and O–H groups in total. The summed E-state index contributed by atoms with van der Waals surface area (Å²) in [4.78, 5) is 16.3. The molecule has 1 aromatic rings. The van der Waals surface area contributed by atoms with Gasteiger partial charge in [-0.3, -0.25) is 0 Å². The van der Waals surface area contributed by atoms with Crippen LogP contribution in [0.25, 0.3) is 0 Å². The zero-order valence-corrected chi connectivity index (χ0v) is 12.2. The molecule has 0 aromatic heterocycles. The maximum absolute atomic E-state index is 12.1. The van der Waals surface area contributed by atoms with E-state index in [1.807, 2.05) is 30.0 Å². The van der Waals surface area contributed by atoms with Crippen LogP contribution in [0.5, 0.6) is 0 Å².